The molecular weight excluding hydrogens is 470 g/mol. The molecule has 0 saturated carbocycles. The third kappa shape index (κ3) is 5.66. The highest BCUT2D eigenvalue weighted by atomic mass is 32.2. The summed E-state index contributed by atoms with van der Waals surface area (Å²) < 4.78 is 13.2. The van der Waals surface area contributed by atoms with E-state index in [1.165, 1.54) is 22.9 Å². The quantitative estimate of drug-likeness (QED) is 0.216. The molecule has 7 nitrogen and oxygen atoms in total. The molecule has 0 spiro atoms. The van der Waals surface area contributed by atoms with Crippen molar-refractivity contribution in [3.8, 4) is 22.8 Å². The Morgan fingerprint density at radius 3 is 2.53 bits per heavy atom. The van der Waals surface area contributed by atoms with E-state index >= 15 is 0 Å². The number of hydrogen-bond donors (Lipinski definition) is 0. The van der Waals surface area contributed by atoms with E-state index in [0.29, 0.717) is 24.1 Å². The highest BCUT2D eigenvalue weighted by Crippen LogP contribution is 2.27. The minimum absolute atomic E-state index is 0.493. The summed E-state index contributed by atoms with van der Waals surface area (Å²) in [6.45, 7) is 4.68. The summed E-state index contributed by atoms with van der Waals surface area (Å²) in [4.78, 5) is 4.57. The standard InChI is InChI=1S/C28H27N5O2S/c1-3-34-24-15-13-22(14-16-24)27-29-26(35-32-27)19-36-28-31-30-25(17-12-21-9-5-4-6-10-21)33(28)23-11-7-8-20(2)18-23/h4-11,13-16,18H,3,12,17,19H2,1-2H3. The Bertz CT molecular complexity index is 1410. The molecule has 0 unspecified atom stereocenters. The second-order valence-corrected chi connectivity index (χ2v) is 9.26. The lowest BCUT2D eigenvalue weighted by atomic mass is 10.1. The molecule has 0 fully saturated rings. The van der Waals surface area contributed by atoms with Crippen LogP contribution in [0, 0.1) is 6.92 Å². The largest absolute Gasteiger partial charge is 0.494 e. The molecule has 2 heterocycles. The van der Waals surface area contributed by atoms with Gasteiger partial charge < -0.3 is 9.26 Å². The van der Waals surface area contributed by atoms with Crippen LogP contribution in [0.25, 0.3) is 17.1 Å². The van der Waals surface area contributed by atoms with Gasteiger partial charge in [0.05, 0.1) is 12.4 Å². The number of aryl methyl sites for hydroxylation is 3. The number of thioether (sulfide) groups is 1. The van der Waals surface area contributed by atoms with Crippen molar-refractivity contribution in [3.05, 3.63) is 102 Å². The van der Waals surface area contributed by atoms with Gasteiger partial charge in [0.1, 0.15) is 11.6 Å². The number of hydrogen-bond acceptors (Lipinski definition) is 7. The van der Waals surface area contributed by atoms with E-state index in [1.54, 1.807) is 0 Å². The monoisotopic (exact) mass is 497 g/mol. The van der Waals surface area contributed by atoms with Crippen LogP contribution >= 0.6 is 11.8 Å². The second-order valence-electron chi connectivity index (χ2n) is 8.32. The molecule has 0 saturated heterocycles. The zero-order valence-electron chi connectivity index (χ0n) is 20.3. The number of ether oxygens (including phenoxy) is 1. The smallest absolute Gasteiger partial charge is 0.237 e. The number of rotatable bonds is 10. The van der Waals surface area contributed by atoms with Crippen LogP contribution in [0.2, 0.25) is 0 Å². The molecule has 36 heavy (non-hydrogen) atoms. The van der Waals surface area contributed by atoms with E-state index in [0.717, 1.165) is 40.8 Å². The molecular formula is C28H27N5O2S. The zero-order valence-corrected chi connectivity index (χ0v) is 21.1. The molecule has 0 bridgehead atoms. The molecule has 0 N–H and O–H groups in total. The summed E-state index contributed by atoms with van der Waals surface area (Å²) in [5.74, 6) is 3.32. The van der Waals surface area contributed by atoms with Crippen LogP contribution in [-0.2, 0) is 18.6 Å². The van der Waals surface area contributed by atoms with Gasteiger partial charge in [0.15, 0.2) is 5.16 Å². The first-order valence-electron chi connectivity index (χ1n) is 11.9. The topological polar surface area (TPSA) is 78.9 Å². The Morgan fingerprint density at radius 1 is 0.917 bits per heavy atom. The lowest BCUT2D eigenvalue weighted by molar-refractivity contribution is 0.340. The van der Waals surface area contributed by atoms with Gasteiger partial charge in [-0.05, 0) is 67.8 Å². The predicted molar refractivity (Wildman–Crippen MR) is 140 cm³/mol. The maximum absolute atomic E-state index is 5.52. The molecule has 0 aliphatic carbocycles. The zero-order chi connectivity index (χ0) is 24.7. The second kappa shape index (κ2) is 11.2. The van der Waals surface area contributed by atoms with Gasteiger partial charge >= 0.3 is 0 Å². The van der Waals surface area contributed by atoms with E-state index in [4.69, 9.17) is 9.26 Å². The van der Waals surface area contributed by atoms with Crippen LogP contribution in [-0.4, -0.2) is 31.5 Å². The maximum Gasteiger partial charge on any atom is 0.237 e. The summed E-state index contributed by atoms with van der Waals surface area (Å²) in [5.41, 5.74) is 4.39. The van der Waals surface area contributed by atoms with Crippen LogP contribution in [0.1, 0.15) is 29.8 Å². The molecule has 182 valence electrons. The Labute approximate surface area is 214 Å². The van der Waals surface area contributed by atoms with E-state index in [1.807, 2.05) is 37.3 Å². The van der Waals surface area contributed by atoms with E-state index in [-0.39, 0.29) is 0 Å². The van der Waals surface area contributed by atoms with Crippen molar-refractivity contribution in [3.63, 3.8) is 0 Å². The molecule has 0 atom stereocenters. The Balaban J connectivity index is 1.33. The summed E-state index contributed by atoms with van der Waals surface area (Å²) in [5, 5.41) is 14.0. The van der Waals surface area contributed by atoms with Crippen molar-refractivity contribution >= 4 is 11.8 Å². The third-order valence-corrected chi connectivity index (χ3v) is 6.57. The summed E-state index contributed by atoms with van der Waals surface area (Å²) in [7, 11) is 0. The third-order valence-electron chi connectivity index (χ3n) is 5.66. The van der Waals surface area contributed by atoms with Crippen LogP contribution in [0.4, 0.5) is 0 Å². The molecule has 0 radical (unpaired) electrons. The van der Waals surface area contributed by atoms with Crippen LogP contribution < -0.4 is 4.74 Å². The van der Waals surface area contributed by atoms with Crippen molar-refractivity contribution in [1.29, 1.82) is 0 Å². The van der Waals surface area contributed by atoms with Gasteiger partial charge in [-0.3, -0.25) is 4.57 Å². The van der Waals surface area contributed by atoms with Crippen LogP contribution in [0.3, 0.4) is 0 Å². The average molecular weight is 498 g/mol. The average Bonchev–Trinajstić information content (AvgIpc) is 3.55. The Kier molecular flexibility index (Phi) is 7.42. The number of benzene rings is 3. The normalized spacial score (nSPS) is 11.1. The fourth-order valence-electron chi connectivity index (χ4n) is 3.91. The van der Waals surface area contributed by atoms with Crippen LogP contribution in [0.15, 0.2) is 88.5 Å². The number of aromatic nitrogens is 5. The van der Waals surface area contributed by atoms with E-state index in [9.17, 15) is 0 Å². The van der Waals surface area contributed by atoms with Crippen LogP contribution in [0.5, 0.6) is 5.75 Å². The summed E-state index contributed by atoms with van der Waals surface area (Å²) in [6, 6.07) is 26.5. The Morgan fingerprint density at radius 2 is 1.75 bits per heavy atom. The van der Waals surface area contributed by atoms with E-state index < -0.39 is 0 Å². The van der Waals surface area contributed by atoms with Gasteiger partial charge in [-0.1, -0.05) is 59.4 Å². The van der Waals surface area contributed by atoms with Crippen molar-refractivity contribution in [2.45, 2.75) is 37.6 Å². The molecule has 8 heteroatoms. The first kappa shape index (κ1) is 23.8. The minimum Gasteiger partial charge on any atom is -0.494 e. The fourth-order valence-corrected chi connectivity index (χ4v) is 4.72. The molecule has 0 amide bonds. The summed E-state index contributed by atoms with van der Waals surface area (Å²) >= 11 is 1.53. The Hall–Kier alpha value is -3.91. The van der Waals surface area contributed by atoms with Crippen molar-refractivity contribution in [2.75, 3.05) is 6.61 Å². The molecule has 5 rings (SSSR count). The SMILES string of the molecule is CCOc1ccc(-c2noc(CSc3nnc(CCc4ccccc4)n3-c3cccc(C)c3)n2)cc1. The lowest BCUT2D eigenvalue weighted by Gasteiger charge is -2.10. The first-order valence-corrected chi connectivity index (χ1v) is 12.9. The van der Waals surface area contributed by atoms with Crippen molar-refractivity contribution in [2.24, 2.45) is 0 Å². The maximum atomic E-state index is 5.52. The predicted octanol–water partition coefficient (Wildman–Crippen LogP) is 6.10. The molecule has 2 aromatic heterocycles. The minimum atomic E-state index is 0.493. The van der Waals surface area contributed by atoms with Gasteiger partial charge in [-0.2, -0.15) is 4.98 Å². The first-order chi connectivity index (χ1) is 17.7. The van der Waals surface area contributed by atoms with Crippen molar-refractivity contribution < 1.29 is 9.26 Å². The fraction of sp³-hybridized carbons (Fsp3) is 0.214. The van der Waals surface area contributed by atoms with Gasteiger partial charge in [0, 0.05) is 17.7 Å². The lowest BCUT2D eigenvalue weighted by Crippen LogP contribution is -2.05. The van der Waals surface area contributed by atoms with Gasteiger partial charge in [0.2, 0.25) is 11.7 Å². The highest BCUT2D eigenvalue weighted by molar-refractivity contribution is 7.98. The van der Waals surface area contributed by atoms with Gasteiger partial charge in [-0.15, -0.1) is 10.2 Å². The highest BCUT2D eigenvalue weighted by Gasteiger charge is 2.17. The molecule has 5 aromatic rings. The number of nitrogens with zero attached hydrogens (tertiary/aromatic N) is 5. The molecule has 0 aliphatic rings. The molecule has 0 aliphatic heterocycles. The van der Waals surface area contributed by atoms with E-state index in [2.05, 4.69) is 80.4 Å². The van der Waals surface area contributed by atoms with Gasteiger partial charge in [0.25, 0.3) is 0 Å². The molecule has 3 aromatic carbocycles. The van der Waals surface area contributed by atoms with Crippen molar-refractivity contribution in [1.82, 2.24) is 24.9 Å². The van der Waals surface area contributed by atoms with Gasteiger partial charge in [-0.25, -0.2) is 0 Å². The summed E-state index contributed by atoms with van der Waals surface area (Å²) in [6.07, 6.45) is 1.68.